The van der Waals surface area contributed by atoms with E-state index in [1.807, 2.05) is 39.0 Å². The van der Waals surface area contributed by atoms with E-state index in [1.54, 1.807) is 0 Å². The zero-order valence-corrected chi connectivity index (χ0v) is 13.2. The van der Waals surface area contributed by atoms with Crippen LogP contribution in [0.15, 0.2) is 24.3 Å². The zero-order chi connectivity index (χ0) is 14.7. The molecule has 1 aromatic heterocycles. The van der Waals surface area contributed by atoms with E-state index in [9.17, 15) is 0 Å². The van der Waals surface area contributed by atoms with Gasteiger partial charge in [0.25, 0.3) is 0 Å². The molecule has 1 N–H and O–H groups in total. The summed E-state index contributed by atoms with van der Waals surface area (Å²) in [5.41, 5.74) is 3.10. The average Bonchev–Trinajstić information content (AvgIpc) is 2.41. The third kappa shape index (κ3) is 3.25. The van der Waals surface area contributed by atoms with Gasteiger partial charge < -0.3 is 9.72 Å². The first-order valence-electron chi connectivity index (χ1n) is 6.88. The van der Waals surface area contributed by atoms with Crippen molar-refractivity contribution in [3.8, 4) is 17.0 Å². The standard InChI is InChI=1S/C16H20N2OS/c1-5-14-17-15(11(4)16(20)18-14)12-7-6-8-13(9-12)19-10(2)3/h6-10H,5H2,1-4H3,(H,17,18,20). The lowest BCUT2D eigenvalue weighted by Gasteiger charge is -2.13. The number of aryl methyl sites for hydroxylation is 1. The van der Waals surface area contributed by atoms with E-state index in [4.69, 9.17) is 17.0 Å². The van der Waals surface area contributed by atoms with Crippen molar-refractivity contribution in [2.24, 2.45) is 0 Å². The molecular formula is C16H20N2OS. The van der Waals surface area contributed by atoms with Gasteiger partial charge in [0, 0.05) is 17.5 Å². The number of aromatic amines is 1. The number of aromatic nitrogens is 2. The van der Waals surface area contributed by atoms with Gasteiger partial charge in [0.05, 0.1) is 11.8 Å². The van der Waals surface area contributed by atoms with Crippen molar-refractivity contribution in [3.05, 3.63) is 40.3 Å². The van der Waals surface area contributed by atoms with Crippen molar-refractivity contribution in [2.45, 2.75) is 40.2 Å². The summed E-state index contributed by atoms with van der Waals surface area (Å²) in [6.45, 7) is 8.10. The number of ether oxygens (including phenoxy) is 1. The normalized spacial score (nSPS) is 10.8. The lowest BCUT2D eigenvalue weighted by Crippen LogP contribution is -2.05. The van der Waals surface area contributed by atoms with Crippen LogP contribution < -0.4 is 4.74 Å². The smallest absolute Gasteiger partial charge is 0.133 e. The van der Waals surface area contributed by atoms with Crippen LogP contribution in [-0.2, 0) is 6.42 Å². The Bertz CT molecular complexity index is 662. The molecule has 0 radical (unpaired) electrons. The van der Waals surface area contributed by atoms with E-state index in [2.05, 4.69) is 23.0 Å². The quantitative estimate of drug-likeness (QED) is 0.844. The van der Waals surface area contributed by atoms with Gasteiger partial charge in [-0.1, -0.05) is 31.3 Å². The second-order valence-electron chi connectivity index (χ2n) is 5.04. The third-order valence-electron chi connectivity index (χ3n) is 3.03. The van der Waals surface area contributed by atoms with E-state index >= 15 is 0 Å². The monoisotopic (exact) mass is 288 g/mol. The molecule has 0 bridgehead atoms. The summed E-state index contributed by atoms with van der Waals surface area (Å²) in [6, 6.07) is 8.05. The van der Waals surface area contributed by atoms with Crippen LogP contribution in [0.1, 0.15) is 32.2 Å². The lowest BCUT2D eigenvalue weighted by molar-refractivity contribution is 0.242. The van der Waals surface area contributed by atoms with Crippen LogP contribution in [0.3, 0.4) is 0 Å². The van der Waals surface area contributed by atoms with Gasteiger partial charge >= 0.3 is 0 Å². The van der Waals surface area contributed by atoms with Crippen LogP contribution in [0.2, 0.25) is 0 Å². The van der Waals surface area contributed by atoms with Crippen LogP contribution in [-0.4, -0.2) is 16.1 Å². The first-order valence-corrected chi connectivity index (χ1v) is 7.29. The lowest BCUT2D eigenvalue weighted by atomic mass is 10.1. The van der Waals surface area contributed by atoms with E-state index < -0.39 is 0 Å². The Balaban J connectivity index is 2.51. The summed E-state index contributed by atoms with van der Waals surface area (Å²) in [5.74, 6) is 1.77. The Morgan fingerprint density at radius 1 is 1.35 bits per heavy atom. The van der Waals surface area contributed by atoms with Crippen molar-refractivity contribution >= 4 is 12.2 Å². The second kappa shape index (κ2) is 6.18. The second-order valence-corrected chi connectivity index (χ2v) is 5.42. The number of rotatable bonds is 4. The van der Waals surface area contributed by atoms with Gasteiger partial charge in [0.1, 0.15) is 16.2 Å². The molecule has 0 unspecified atom stereocenters. The predicted molar refractivity (Wildman–Crippen MR) is 84.7 cm³/mol. The number of nitrogens with one attached hydrogen (secondary N) is 1. The Hall–Kier alpha value is -1.68. The van der Waals surface area contributed by atoms with Crippen LogP contribution in [0.4, 0.5) is 0 Å². The molecule has 1 aromatic carbocycles. The highest BCUT2D eigenvalue weighted by Gasteiger charge is 2.08. The molecule has 2 rings (SSSR count). The molecule has 0 aliphatic carbocycles. The Kier molecular flexibility index (Phi) is 4.55. The molecular weight excluding hydrogens is 268 g/mol. The minimum atomic E-state index is 0.161. The summed E-state index contributed by atoms with van der Waals surface area (Å²) < 4.78 is 6.41. The summed E-state index contributed by atoms with van der Waals surface area (Å²) in [4.78, 5) is 7.74. The van der Waals surface area contributed by atoms with Gasteiger partial charge in [-0.25, -0.2) is 4.98 Å². The molecule has 0 saturated carbocycles. The molecule has 0 spiro atoms. The first-order chi connectivity index (χ1) is 9.51. The average molecular weight is 288 g/mol. The highest BCUT2D eigenvalue weighted by molar-refractivity contribution is 7.71. The van der Waals surface area contributed by atoms with E-state index in [1.165, 1.54) is 0 Å². The number of hydrogen-bond donors (Lipinski definition) is 1. The Morgan fingerprint density at radius 3 is 2.75 bits per heavy atom. The SMILES string of the molecule is CCc1nc(=S)c(C)c(-c2cccc(OC(C)C)c2)[nH]1. The van der Waals surface area contributed by atoms with Crippen LogP contribution in [0.5, 0.6) is 5.75 Å². The van der Waals surface area contributed by atoms with Crippen LogP contribution in [0.25, 0.3) is 11.3 Å². The molecule has 20 heavy (non-hydrogen) atoms. The summed E-state index contributed by atoms with van der Waals surface area (Å²) in [6.07, 6.45) is 0.993. The largest absolute Gasteiger partial charge is 0.491 e. The van der Waals surface area contributed by atoms with Gasteiger partial charge in [-0.2, -0.15) is 0 Å². The fourth-order valence-electron chi connectivity index (χ4n) is 2.03. The van der Waals surface area contributed by atoms with Gasteiger partial charge in [-0.05, 0) is 32.9 Å². The van der Waals surface area contributed by atoms with E-state index in [0.717, 1.165) is 34.8 Å². The summed E-state index contributed by atoms with van der Waals surface area (Å²) >= 11 is 5.33. The number of H-pyrrole nitrogens is 1. The maximum absolute atomic E-state index is 5.75. The number of nitrogens with zero attached hydrogens (tertiary/aromatic N) is 1. The summed E-state index contributed by atoms with van der Waals surface area (Å²) in [7, 11) is 0. The molecule has 106 valence electrons. The molecule has 0 amide bonds. The van der Waals surface area contributed by atoms with Crippen molar-refractivity contribution in [1.82, 2.24) is 9.97 Å². The fourth-order valence-corrected chi connectivity index (χ4v) is 2.24. The Morgan fingerprint density at radius 2 is 2.10 bits per heavy atom. The van der Waals surface area contributed by atoms with Crippen molar-refractivity contribution in [3.63, 3.8) is 0 Å². The zero-order valence-electron chi connectivity index (χ0n) is 12.4. The van der Waals surface area contributed by atoms with E-state index in [0.29, 0.717) is 4.64 Å². The van der Waals surface area contributed by atoms with Gasteiger partial charge in [0.2, 0.25) is 0 Å². The van der Waals surface area contributed by atoms with Crippen LogP contribution >= 0.6 is 12.2 Å². The maximum Gasteiger partial charge on any atom is 0.133 e. The molecule has 3 nitrogen and oxygen atoms in total. The van der Waals surface area contributed by atoms with Crippen LogP contribution in [0, 0.1) is 11.6 Å². The van der Waals surface area contributed by atoms with Gasteiger partial charge in [0.15, 0.2) is 0 Å². The molecule has 2 aromatic rings. The van der Waals surface area contributed by atoms with Crippen molar-refractivity contribution in [1.29, 1.82) is 0 Å². The molecule has 0 atom stereocenters. The third-order valence-corrected chi connectivity index (χ3v) is 3.43. The minimum Gasteiger partial charge on any atom is -0.491 e. The number of benzene rings is 1. The van der Waals surface area contributed by atoms with Gasteiger partial charge in [-0.15, -0.1) is 0 Å². The van der Waals surface area contributed by atoms with Crippen molar-refractivity contribution < 1.29 is 4.74 Å². The highest BCUT2D eigenvalue weighted by atomic mass is 32.1. The first kappa shape index (κ1) is 14.7. The molecule has 0 saturated heterocycles. The molecule has 0 aliphatic heterocycles. The molecule has 0 aliphatic rings. The molecule has 1 heterocycles. The maximum atomic E-state index is 5.75. The minimum absolute atomic E-state index is 0.161. The fraction of sp³-hybridized carbons (Fsp3) is 0.375. The highest BCUT2D eigenvalue weighted by Crippen LogP contribution is 2.26. The Labute approximate surface area is 125 Å². The molecule has 0 fully saturated rings. The van der Waals surface area contributed by atoms with Gasteiger partial charge in [-0.3, -0.25) is 0 Å². The van der Waals surface area contributed by atoms with E-state index in [-0.39, 0.29) is 6.10 Å². The number of hydrogen-bond acceptors (Lipinski definition) is 3. The molecule has 4 heteroatoms. The summed E-state index contributed by atoms with van der Waals surface area (Å²) in [5, 5.41) is 0. The topological polar surface area (TPSA) is 37.9 Å². The van der Waals surface area contributed by atoms with Crippen molar-refractivity contribution in [2.75, 3.05) is 0 Å². The predicted octanol–water partition coefficient (Wildman–Crippen LogP) is 4.46.